The van der Waals surface area contributed by atoms with Crippen molar-refractivity contribution in [2.45, 2.75) is 45.3 Å². The molecule has 2 saturated heterocycles. The molecule has 0 atom stereocenters. The summed E-state index contributed by atoms with van der Waals surface area (Å²) < 4.78 is 5.21. The molecular weight excluding hydrogens is 408 g/mol. The van der Waals surface area contributed by atoms with E-state index in [0.717, 1.165) is 37.7 Å². The van der Waals surface area contributed by atoms with Crippen LogP contribution >= 0.6 is 11.8 Å². The molecule has 0 aliphatic carbocycles. The fraction of sp³-hybridized carbons (Fsp3) is 0.526. The molecule has 2 aliphatic rings. The quantitative estimate of drug-likeness (QED) is 0.470. The van der Waals surface area contributed by atoms with Crippen molar-refractivity contribution in [3.05, 3.63) is 22.9 Å². The molecule has 11 heteroatoms. The number of piperidine rings is 1. The lowest BCUT2D eigenvalue weighted by Gasteiger charge is -2.32. The Hall–Kier alpha value is -2.66. The molecule has 3 heterocycles. The summed E-state index contributed by atoms with van der Waals surface area (Å²) in [5.41, 5.74) is 0.0597. The lowest BCUT2D eigenvalue weighted by molar-refractivity contribution is -0.115. The van der Waals surface area contributed by atoms with Gasteiger partial charge in [-0.15, -0.1) is 0 Å². The molecule has 0 unspecified atom stereocenters. The van der Waals surface area contributed by atoms with Gasteiger partial charge in [0.05, 0.1) is 17.3 Å². The van der Waals surface area contributed by atoms with Gasteiger partial charge in [-0.1, -0.05) is 0 Å². The number of imide groups is 1. The number of nitrogens with zero attached hydrogens (tertiary/aromatic N) is 3. The lowest BCUT2D eigenvalue weighted by Crippen LogP contribution is -2.47. The van der Waals surface area contributed by atoms with E-state index in [4.69, 9.17) is 4.74 Å². The molecule has 3 rings (SSSR count). The van der Waals surface area contributed by atoms with Gasteiger partial charge in [0.25, 0.3) is 11.1 Å². The summed E-state index contributed by atoms with van der Waals surface area (Å²) in [5, 5.41) is 7.86. The number of amides is 3. The lowest BCUT2D eigenvalue weighted by atomic mass is 10.1. The Morgan fingerprint density at radius 1 is 1.37 bits per heavy atom. The van der Waals surface area contributed by atoms with E-state index in [1.165, 1.54) is 0 Å². The predicted octanol–water partition coefficient (Wildman–Crippen LogP) is 1.84. The van der Waals surface area contributed by atoms with Crippen molar-refractivity contribution in [3.8, 4) is 0 Å². The van der Waals surface area contributed by atoms with Gasteiger partial charge in [-0.25, -0.2) is 14.8 Å². The highest BCUT2D eigenvalue weighted by Crippen LogP contribution is 2.25. The summed E-state index contributed by atoms with van der Waals surface area (Å²) in [6.07, 6.45) is 4.53. The van der Waals surface area contributed by atoms with Crippen LogP contribution in [0.1, 0.15) is 39.3 Å². The minimum Gasteiger partial charge on any atom is -0.444 e. The number of alkyl carbamates (subject to hydrolysis) is 1. The summed E-state index contributed by atoms with van der Waals surface area (Å²) >= 11 is 0.863. The molecule has 3 amide bonds. The first kappa shape index (κ1) is 22.0. The van der Waals surface area contributed by atoms with Crippen molar-refractivity contribution in [2.24, 2.45) is 0 Å². The first-order chi connectivity index (χ1) is 14.2. The number of anilines is 1. The number of ether oxygens (including phenoxy) is 1. The van der Waals surface area contributed by atoms with Crippen LogP contribution in [0.15, 0.2) is 17.2 Å². The van der Waals surface area contributed by atoms with Crippen molar-refractivity contribution in [1.82, 2.24) is 25.9 Å². The van der Waals surface area contributed by atoms with Crippen LogP contribution in [0.3, 0.4) is 0 Å². The Morgan fingerprint density at radius 3 is 2.73 bits per heavy atom. The zero-order valence-corrected chi connectivity index (χ0v) is 18.0. The van der Waals surface area contributed by atoms with Gasteiger partial charge in [0, 0.05) is 25.3 Å². The van der Waals surface area contributed by atoms with Crippen molar-refractivity contribution in [3.63, 3.8) is 0 Å². The molecule has 1 aromatic heterocycles. The van der Waals surface area contributed by atoms with Gasteiger partial charge < -0.3 is 15.0 Å². The monoisotopic (exact) mass is 434 g/mol. The zero-order valence-electron chi connectivity index (χ0n) is 17.2. The SMILES string of the molecule is CC(C)(C)OC(=O)NCNC1CCN(c2nccc(/C=C3\SC(=O)NC3=O)n2)CC1. The second kappa shape index (κ2) is 9.43. The molecule has 0 saturated carbocycles. The minimum absolute atomic E-state index is 0.270. The van der Waals surface area contributed by atoms with Gasteiger partial charge in [0.2, 0.25) is 5.95 Å². The summed E-state index contributed by atoms with van der Waals surface area (Å²) in [5.74, 6) is 0.182. The molecule has 1 aromatic rings. The van der Waals surface area contributed by atoms with Gasteiger partial charge in [0.1, 0.15) is 5.60 Å². The van der Waals surface area contributed by atoms with E-state index in [-0.39, 0.29) is 11.3 Å². The summed E-state index contributed by atoms with van der Waals surface area (Å²) in [6.45, 7) is 7.34. The smallest absolute Gasteiger partial charge is 0.408 e. The second-order valence-corrected chi connectivity index (χ2v) is 8.97. The molecule has 2 fully saturated rings. The topological polar surface area (TPSA) is 126 Å². The molecule has 2 aliphatic heterocycles. The van der Waals surface area contributed by atoms with Gasteiger partial charge in [-0.3, -0.25) is 20.2 Å². The first-order valence-electron chi connectivity index (χ1n) is 9.73. The highest BCUT2D eigenvalue weighted by atomic mass is 32.2. The van der Waals surface area contributed by atoms with Gasteiger partial charge in [-0.05, 0) is 57.5 Å². The maximum atomic E-state index is 11.7. The highest BCUT2D eigenvalue weighted by molar-refractivity contribution is 8.18. The van der Waals surface area contributed by atoms with Crippen molar-refractivity contribution in [2.75, 3.05) is 24.7 Å². The Balaban J connectivity index is 1.47. The molecule has 0 bridgehead atoms. The van der Waals surface area contributed by atoms with E-state index in [1.807, 2.05) is 20.8 Å². The third-order valence-corrected chi connectivity index (χ3v) is 5.20. The number of carbonyl (C=O) groups is 3. The first-order valence-corrected chi connectivity index (χ1v) is 10.5. The number of hydrogen-bond acceptors (Lipinski definition) is 9. The summed E-state index contributed by atoms with van der Waals surface area (Å²) in [4.78, 5) is 45.9. The maximum Gasteiger partial charge on any atom is 0.408 e. The van der Waals surface area contributed by atoms with E-state index in [2.05, 4.69) is 30.8 Å². The minimum atomic E-state index is -0.518. The number of nitrogens with one attached hydrogen (secondary N) is 3. The fourth-order valence-corrected chi connectivity index (χ4v) is 3.68. The van der Waals surface area contributed by atoms with Crippen molar-refractivity contribution >= 4 is 41.0 Å². The number of hydrogen-bond donors (Lipinski definition) is 3. The van der Waals surface area contributed by atoms with Crippen LogP contribution in [0.5, 0.6) is 0 Å². The van der Waals surface area contributed by atoms with Crippen LogP contribution in [0.25, 0.3) is 6.08 Å². The fourth-order valence-electron chi connectivity index (χ4n) is 3.02. The Morgan fingerprint density at radius 2 is 2.10 bits per heavy atom. The van der Waals surface area contributed by atoms with Crippen LogP contribution in [-0.4, -0.2) is 58.6 Å². The van der Waals surface area contributed by atoms with Crippen LogP contribution in [0, 0.1) is 0 Å². The van der Waals surface area contributed by atoms with E-state index >= 15 is 0 Å². The van der Waals surface area contributed by atoms with Crippen molar-refractivity contribution < 1.29 is 19.1 Å². The normalized spacial score (nSPS) is 19.2. The second-order valence-electron chi connectivity index (χ2n) is 7.95. The molecule has 0 aromatic carbocycles. The standard InChI is InChI=1S/C19H26N6O4S/c1-19(2,3)29-17(27)22-11-21-12-5-8-25(9-6-12)16-20-7-4-13(23-16)10-14-15(26)24-18(28)30-14/h4,7,10,12,21H,5-6,8-9,11H2,1-3H3,(H,22,27)(H,24,26,28)/b14-10-. The van der Waals surface area contributed by atoms with Gasteiger partial charge in [0.15, 0.2) is 0 Å². The van der Waals surface area contributed by atoms with Crippen molar-refractivity contribution in [1.29, 1.82) is 0 Å². The number of rotatable bonds is 5. The number of aromatic nitrogens is 2. The Kier molecular flexibility index (Phi) is 6.93. The van der Waals surface area contributed by atoms with E-state index < -0.39 is 17.6 Å². The average Bonchev–Trinajstić information content (AvgIpc) is 2.98. The molecule has 162 valence electrons. The molecule has 10 nitrogen and oxygen atoms in total. The van der Waals surface area contributed by atoms with Gasteiger partial charge >= 0.3 is 6.09 Å². The van der Waals surface area contributed by atoms with Crippen LogP contribution in [0.2, 0.25) is 0 Å². The average molecular weight is 435 g/mol. The highest BCUT2D eigenvalue weighted by Gasteiger charge is 2.26. The largest absolute Gasteiger partial charge is 0.444 e. The van der Waals surface area contributed by atoms with E-state index in [9.17, 15) is 14.4 Å². The van der Waals surface area contributed by atoms with Crippen LogP contribution < -0.4 is 20.9 Å². The van der Waals surface area contributed by atoms with E-state index in [1.54, 1.807) is 18.3 Å². The Labute approximate surface area is 179 Å². The molecule has 30 heavy (non-hydrogen) atoms. The molecular formula is C19H26N6O4S. The molecule has 0 radical (unpaired) electrons. The number of carbonyl (C=O) groups excluding carboxylic acids is 3. The Bertz CT molecular complexity index is 846. The van der Waals surface area contributed by atoms with Crippen LogP contribution in [-0.2, 0) is 9.53 Å². The summed E-state index contributed by atoms with van der Waals surface area (Å²) in [7, 11) is 0. The predicted molar refractivity (Wildman–Crippen MR) is 114 cm³/mol. The molecule has 3 N–H and O–H groups in total. The maximum absolute atomic E-state index is 11.7. The third kappa shape index (κ3) is 6.42. The number of thioether (sulfide) groups is 1. The zero-order chi connectivity index (χ0) is 21.7. The van der Waals surface area contributed by atoms with Gasteiger partial charge in [-0.2, -0.15) is 0 Å². The van der Waals surface area contributed by atoms with E-state index in [0.29, 0.717) is 23.2 Å². The van der Waals surface area contributed by atoms with Crippen LogP contribution in [0.4, 0.5) is 15.5 Å². The summed E-state index contributed by atoms with van der Waals surface area (Å²) in [6, 6.07) is 1.97. The third-order valence-electron chi connectivity index (χ3n) is 4.39. The molecule has 0 spiro atoms.